The molecule has 1 rings (SSSR count). The van der Waals surface area contributed by atoms with Crippen molar-refractivity contribution in [3.05, 3.63) is 0 Å². The maximum Gasteiger partial charge on any atom is 0.414 e. The molecule has 1 aliphatic rings. The van der Waals surface area contributed by atoms with Crippen LogP contribution in [0.3, 0.4) is 0 Å². The van der Waals surface area contributed by atoms with E-state index in [1.165, 1.54) is 25.7 Å². The Balaban J connectivity index is 2.69. The summed E-state index contributed by atoms with van der Waals surface area (Å²) in [6.45, 7) is 13.4. The standard InChI is InChI=1S/C21H39N3O4/c1-8-9-15-10-12-16(13-11-15)14-22-17(23-18(25)27-20(2,3)4)24-19(26)28-21(5,6)7/h15-16H,8-14H2,1-7H3,(H2,22,23,24,25,26). The van der Waals surface area contributed by atoms with Gasteiger partial charge in [-0.3, -0.25) is 15.6 Å². The summed E-state index contributed by atoms with van der Waals surface area (Å²) >= 11 is 0. The molecule has 28 heavy (non-hydrogen) atoms. The molecule has 0 aliphatic heterocycles. The minimum absolute atomic E-state index is 0.0687. The smallest absolute Gasteiger partial charge is 0.414 e. The predicted octanol–water partition coefficient (Wildman–Crippen LogP) is 5.00. The number of amides is 2. The van der Waals surface area contributed by atoms with E-state index in [1.807, 2.05) is 0 Å². The lowest BCUT2D eigenvalue weighted by Crippen LogP contribution is -2.47. The number of nitrogens with one attached hydrogen (secondary N) is 2. The average molecular weight is 398 g/mol. The normalized spacial score (nSPS) is 20.1. The lowest BCUT2D eigenvalue weighted by atomic mass is 9.80. The van der Waals surface area contributed by atoms with E-state index in [1.54, 1.807) is 41.5 Å². The van der Waals surface area contributed by atoms with Gasteiger partial charge in [-0.1, -0.05) is 32.6 Å². The number of aliphatic imine (C=N–C) groups is 1. The van der Waals surface area contributed by atoms with Gasteiger partial charge in [-0.2, -0.15) is 0 Å². The number of carbonyl (C=O) groups is 2. The fourth-order valence-corrected chi connectivity index (χ4v) is 3.24. The molecule has 0 atom stereocenters. The van der Waals surface area contributed by atoms with Crippen molar-refractivity contribution in [2.45, 2.75) is 98.2 Å². The maximum absolute atomic E-state index is 12.1. The van der Waals surface area contributed by atoms with E-state index in [0.29, 0.717) is 12.5 Å². The molecular formula is C21H39N3O4. The Hall–Kier alpha value is -1.79. The number of alkyl carbamates (subject to hydrolysis) is 2. The lowest BCUT2D eigenvalue weighted by molar-refractivity contribution is 0.0545. The molecule has 2 N–H and O–H groups in total. The first-order valence-corrected chi connectivity index (χ1v) is 10.4. The van der Waals surface area contributed by atoms with E-state index in [9.17, 15) is 9.59 Å². The third-order valence-electron chi connectivity index (χ3n) is 4.41. The van der Waals surface area contributed by atoms with Gasteiger partial charge in [-0.15, -0.1) is 0 Å². The Bertz CT molecular complexity index is 507. The third kappa shape index (κ3) is 11.1. The third-order valence-corrected chi connectivity index (χ3v) is 4.41. The highest BCUT2D eigenvalue weighted by molar-refractivity contribution is 6.01. The van der Waals surface area contributed by atoms with Crippen molar-refractivity contribution in [3.63, 3.8) is 0 Å². The number of rotatable bonds is 4. The van der Waals surface area contributed by atoms with Gasteiger partial charge in [-0.05, 0) is 66.2 Å². The first kappa shape index (κ1) is 24.2. The zero-order chi connectivity index (χ0) is 21.4. The molecule has 0 aromatic rings. The van der Waals surface area contributed by atoms with Crippen molar-refractivity contribution in [2.24, 2.45) is 16.8 Å². The Kier molecular flexibility index (Phi) is 9.24. The van der Waals surface area contributed by atoms with Crippen molar-refractivity contribution in [1.29, 1.82) is 0 Å². The van der Waals surface area contributed by atoms with Crippen LogP contribution in [0, 0.1) is 11.8 Å². The van der Waals surface area contributed by atoms with Gasteiger partial charge < -0.3 is 9.47 Å². The van der Waals surface area contributed by atoms with Crippen LogP contribution in [0.1, 0.15) is 87.0 Å². The molecule has 162 valence electrons. The van der Waals surface area contributed by atoms with Crippen LogP contribution in [-0.2, 0) is 9.47 Å². The van der Waals surface area contributed by atoms with Gasteiger partial charge in [-0.25, -0.2) is 9.59 Å². The maximum atomic E-state index is 12.1. The van der Waals surface area contributed by atoms with Crippen LogP contribution in [-0.4, -0.2) is 35.9 Å². The van der Waals surface area contributed by atoms with E-state index < -0.39 is 23.4 Å². The van der Waals surface area contributed by atoms with Gasteiger partial charge in [0.05, 0.1) is 0 Å². The molecule has 0 unspecified atom stereocenters. The summed E-state index contributed by atoms with van der Waals surface area (Å²) in [5, 5.41) is 5.07. The van der Waals surface area contributed by atoms with Crippen molar-refractivity contribution >= 4 is 18.1 Å². The van der Waals surface area contributed by atoms with Crippen molar-refractivity contribution in [3.8, 4) is 0 Å². The molecule has 0 heterocycles. The summed E-state index contributed by atoms with van der Waals surface area (Å²) in [7, 11) is 0. The van der Waals surface area contributed by atoms with Crippen LogP contribution >= 0.6 is 0 Å². The van der Waals surface area contributed by atoms with Gasteiger partial charge >= 0.3 is 12.2 Å². The molecule has 0 bridgehead atoms. The van der Waals surface area contributed by atoms with Crippen LogP contribution < -0.4 is 10.6 Å². The monoisotopic (exact) mass is 397 g/mol. The number of carbonyl (C=O) groups excluding carboxylic acids is 2. The fraction of sp³-hybridized carbons (Fsp3) is 0.857. The van der Waals surface area contributed by atoms with Crippen molar-refractivity contribution in [1.82, 2.24) is 10.6 Å². The van der Waals surface area contributed by atoms with Gasteiger partial charge in [0.1, 0.15) is 11.2 Å². The quantitative estimate of drug-likeness (QED) is 0.516. The van der Waals surface area contributed by atoms with Crippen molar-refractivity contribution in [2.75, 3.05) is 6.54 Å². The number of hydrogen-bond acceptors (Lipinski definition) is 5. The topological polar surface area (TPSA) is 89.0 Å². The summed E-state index contributed by atoms with van der Waals surface area (Å²) in [5.41, 5.74) is -1.28. The van der Waals surface area contributed by atoms with Gasteiger partial charge in [0, 0.05) is 6.54 Å². The molecule has 7 heteroatoms. The van der Waals surface area contributed by atoms with E-state index in [4.69, 9.17) is 9.47 Å². The summed E-state index contributed by atoms with van der Waals surface area (Å²) in [4.78, 5) is 28.6. The molecule has 0 radical (unpaired) electrons. The van der Waals surface area contributed by atoms with Crippen LogP contribution in [0.5, 0.6) is 0 Å². The highest BCUT2D eigenvalue weighted by Crippen LogP contribution is 2.31. The first-order chi connectivity index (χ1) is 12.9. The van der Waals surface area contributed by atoms with Gasteiger partial charge in [0.2, 0.25) is 5.96 Å². The number of ether oxygens (including phenoxy) is 2. The molecule has 0 saturated heterocycles. The summed E-state index contributed by atoms with van der Waals surface area (Å²) < 4.78 is 10.5. The molecule has 7 nitrogen and oxygen atoms in total. The molecule has 2 amide bonds. The average Bonchev–Trinajstić information content (AvgIpc) is 2.50. The predicted molar refractivity (Wildman–Crippen MR) is 111 cm³/mol. The molecule has 1 aliphatic carbocycles. The Morgan fingerprint density at radius 1 is 0.857 bits per heavy atom. The Morgan fingerprint density at radius 3 is 1.68 bits per heavy atom. The first-order valence-electron chi connectivity index (χ1n) is 10.4. The molecule has 0 aromatic heterocycles. The summed E-state index contributed by atoms with van der Waals surface area (Å²) in [6.07, 6.45) is 5.91. The highest BCUT2D eigenvalue weighted by Gasteiger charge is 2.23. The van der Waals surface area contributed by atoms with Gasteiger partial charge in [0.25, 0.3) is 0 Å². The molecule has 1 fully saturated rings. The second kappa shape index (κ2) is 10.7. The van der Waals surface area contributed by atoms with E-state index in [0.717, 1.165) is 18.8 Å². The molecule has 0 aromatic carbocycles. The fourth-order valence-electron chi connectivity index (χ4n) is 3.24. The van der Waals surface area contributed by atoms with E-state index in [-0.39, 0.29) is 5.96 Å². The number of guanidine groups is 1. The number of hydrogen-bond donors (Lipinski definition) is 2. The lowest BCUT2D eigenvalue weighted by Gasteiger charge is -2.27. The van der Waals surface area contributed by atoms with Crippen LogP contribution in [0.2, 0.25) is 0 Å². The second-order valence-electron chi connectivity index (χ2n) is 9.62. The number of nitrogens with zero attached hydrogens (tertiary/aromatic N) is 1. The summed E-state index contributed by atoms with van der Waals surface area (Å²) in [5.74, 6) is 1.35. The largest absolute Gasteiger partial charge is 0.444 e. The van der Waals surface area contributed by atoms with E-state index in [2.05, 4.69) is 22.5 Å². The molecule has 1 saturated carbocycles. The van der Waals surface area contributed by atoms with E-state index >= 15 is 0 Å². The second-order valence-corrected chi connectivity index (χ2v) is 9.62. The zero-order valence-electron chi connectivity index (χ0n) is 18.7. The van der Waals surface area contributed by atoms with Gasteiger partial charge in [0.15, 0.2) is 0 Å². The van der Waals surface area contributed by atoms with Crippen LogP contribution in [0.25, 0.3) is 0 Å². The van der Waals surface area contributed by atoms with Crippen LogP contribution in [0.4, 0.5) is 9.59 Å². The zero-order valence-corrected chi connectivity index (χ0v) is 18.7. The highest BCUT2D eigenvalue weighted by atomic mass is 16.6. The molecular weight excluding hydrogens is 358 g/mol. The minimum atomic E-state index is -0.658. The Labute approximate surface area is 170 Å². The summed E-state index contributed by atoms with van der Waals surface area (Å²) in [6, 6.07) is 0. The SMILES string of the molecule is CCCC1CCC(CN=C(NC(=O)OC(C)(C)C)NC(=O)OC(C)(C)C)CC1. The minimum Gasteiger partial charge on any atom is -0.444 e. The van der Waals surface area contributed by atoms with Crippen LogP contribution in [0.15, 0.2) is 4.99 Å². The molecule has 0 spiro atoms. The van der Waals surface area contributed by atoms with Crippen molar-refractivity contribution < 1.29 is 19.1 Å². The Morgan fingerprint density at radius 2 is 1.29 bits per heavy atom.